The Hall–Kier alpha value is -2.91. The first-order chi connectivity index (χ1) is 15.9. The number of likely N-dealkylation sites (tertiary alicyclic amines) is 1. The number of ether oxygens (including phenoxy) is 1. The number of hydrogen-bond donors (Lipinski definition) is 2. The van der Waals surface area contributed by atoms with Crippen LogP contribution in [0.3, 0.4) is 0 Å². The Morgan fingerprint density at radius 2 is 1.97 bits per heavy atom. The zero-order chi connectivity index (χ0) is 25.3. The number of hydrogen-bond acceptors (Lipinski definition) is 10. The number of nitro groups is 1. The quantitative estimate of drug-likeness (QED) is 0.169. The standard InChI is InChI=1S/C19H26N4O9S2/c1-34(29,30)32-16-8-15(12-33-7-6-18(25)21-9-17(20)24)22(10-16)19(26)31-11-13-2-4-14(5-3-13)23(27)28/h2-5,15-16H,6-12H2,1H3,(H2,20,24)(H,21,25). The van der Waals surface area contributed by atoms with Crippen molar-refractivity contribution < 1.29 is 36.6 Å². The molecule has 1 aromatic carbocycles. The van der Waals surface area contributed by atoms with E-state index in [0.29, 0.717) is 17.1 Å². The Balaban J connectivity index is 1.91. The summed E-state index contributed by atoms with van der Waals surface area (Å²) in [7, 11) is -3.73. The number of nitrogens with one attached hydrogen (secondary N) is 1. The lowest BCUT2D eigenvalue weighted by atomic mass is 10.2. The molecule has 15 heteroatoms. The number of nitrogens with two attached hydrogens (primary N) is 1. The van der Waals surface area contributed by atoms with Crippen LogP contribution in [0.2, 0.25) is 0 Å². The first kappa shape index (κ1) is 27.3. The van der Waals surface area contributed by atoms with Crippen molar-refractivity contribution in [2.24, 2.45) is 5.73 Å². The van der Waals surface area contributed by atoms with E-state index in [1.807, 2.05) is 0 Å². The molecule has 1 saturated heterocycles. The fourth-order valence-corrected chi connectivity index (χ4v) is 4.89. The van der Waals surface area contributed by atoms with Crippen LogP contribution < -0.4 is 11.1 Å². The van der Waals surface area contributed by atoms with Crippen LogP contribution in [0.25, 0.3) is 0 Å². The van der Waals surface area contributed by atoms with Crippen molar-refractivity contribution in [3.63, 3.8) is 0 Å². The van der Waals surface area contributed by atoms with Gasteiger partial charge in [-0.05, 0) is 24.1 Å². The van der Waals surface area contributed by atoms with E-state index in [9.17, 15) is 32.9 Å². The summed E-state index contributed by atoms with van der Waals surface area (Å²) in [4.78, 5) is 46.6. The van der Waals surface area contributed by atoms with Crippen molar-refractivity contribution in [2.45, 2.75) is 31.6 Å². The molecule has 34 heavy (non-hydrogen) atoms. The lowest BCUT2D eigenvalue weighted by Crippen LogP contribution is -2.38. The molecule has 0 aliphatic carbocycles. The van der Waals surface area contributed by atoms with E-state index in [1.54, 1.807) is 0 Å². The van der Waals surface area contributed by atoms with E-state index < -0.39 is 39.2 Å². The van der Waals surface area contributed by atoms with Gasteiger partial charge in [0.1, 0.15) is 6.61 Å². The summed E-state index contributed by atoms with van der Waals surface area (Å²) in [5, 5.41) is 13.1. The van der Waals surface area contributed by atoms with Gasteiger partial charge in [-0.3, -0.25) is 23.9 Å². The number of thioether (sulfide) groups is 1. The third-order valence-electron chi connectivity index (χ3n) is 4.67. The molecule has 0 spiro atoms. The van der Waals surface area contributed by atoms with Crippen molar-refractivity contribution in [1.82, 2.24) is 10.2 Å². The van der Waals surface area contributed by atoms with Gasteiger partial charge in [-0.25, -0.2) is 4.79 Å². The fourth-order valence-electron chi connectivity index (χ4n) is 3.17. The zero-order valence-corrected chi connectivity index (χ0v) is 20.0. The predicted molar refractivity (Wildman–Crippen MR) is 122 cm³/mol. The molecule has 0 saturated carbocycles. The minimum absolute atomic E-state index is 0.0104. The number of benzene rings is 1. The van der Waals surface area contributed by atoms with Gasteiger partial charge in [0.05, 0.1) is 30.4 Å². The maximum atomic E-state index is 12.7. The first-order valence-electron chi connectivity index (χ1n) is 10.1. The van der Waals surface area contributed by atoms with E-state index in [1.165, 1.54) is 40.9 Å². The summed E-state index contributed by atoms with van der Waals surface area (Å²) in [5.41, 5.74) is 5.43. The number of carbonyl (C=O) groups excluding carboxylic acids is 3. The molecule has 3 amide bonds. The van der Waals surface area contributed by atoms with Crippen LogP contribution in [0.5, 0.6) is 0 Å². The minimum atomic E-state index is -3.73. The van der Waals surface area contributed by atoms with Gasteiger partial charge in [0.2, 0.25) is 11.8 Å². The lowest BCUT2D eigenvalue weighted by Gasteiger charge is -2.23. The van der Waals surface area contributed by atoms with Crippen LogP contribution in [0.1, 0.15) is 18.4 Å². The molecule has 1 aliphatic rings. The minimum Gasteiger partial charge on any atom is -0.445 e. The van der Waals surface area contributed by atoms with Crippen LogP contribution >= 0.6 is 11.8 Å². The maximum Gasteiger partial charge on any atom is 0.410 e. The van der Waals surface area contributed by atoms with E-state index in [-0.39, 0.29) is 44.1 Å². The van der Waals surface area contributed by atoms with Crippen molar-refractivity contribution in [2.75, 3.05) is 30.9 Å². The van der Waals surface area contributed by atoms with Gasteiger partial charge >= 0.3 is 6.09 Å². The highest BCUT2D eigenvalue weighted by Crippen LogP contribution is 2.26. The molecule has 13 nitrogen and oxygen atoms in total. The molecule has 1 heterocycles. The lowest BCUT2D eigenvalue weighted by molar-refractivity contribution is -0.384. The molecule has 2 atom stereocenters. The van der Waals surface area contributed by atoms with E-state index in [0.717, 1.165) is 6.26 Å². The van der Waals surface area contributed by atoms with Crippen LogP contribution in [0.4, 0.5) is 10.5 Å². The van der Waals surface area contributed by atoms with Gasteiger partial charge in [0.15, 0.2) is 0 Å². The van der Waals surface area contributed by atoms with Gasteiger partial charge in [0.25, 0.3) is 15.8 Å². The Labute approximate surface area is 200 Å². The van der Waals surface area contributed by atoms with Crippen molar-refractivity contribution >= 4 is 45.5 Å². The van der Waals surface area contributed by atoms with E-state index in [2.05, 4.69) is 5.32 Å². The maximum absolute atomic E-state index is 12.7. The molecule has 2 rings (SSSR count). The van der Waals surface area contributed by atoms with Gasteiger partial charge in [-0.2, -0.15) is 20.2 Å². The van der Waals surface area contributed by atoms with E-state index in [4.69, 9.17) is 14.7 Å². The molecule has 1 aliphatic heterocycles. The zero-order valence-electron chi connectivity index (χ0n) is 18.4. The topological polar surface area (TPSA) is 188 Å². The predicted octanol–water partition coefficient (Wildman–Crippen LogP) is 0.375. The highest BCUT2D eigenvalue weighted by Gasteiger charge is 2.38. The summed E-state index contributed by atoms with van der Waals surface area (Å²) in [6.07, 6.45) is -0.0787. The number of non-ortho nitro benzene ring substituents is 1. The summed E-state index contributed by atoms with van der Waals surface area (Å²) in [6.45, 7) is -0.355. The molecular weight excluding hydrogens is 492 g/mol. The number of amides is 3. The Morgan fingerprint density at radius 3 is 2.56 bits per heavy atom. The molecule has 0 bridgehead atoms. The third-order valence-corrected chi connectivity index (χ3v) is 6.41. The normalized spacial score (nSPS) is 17.9. The number of carbonyl (C=O) groups is 3. The summed E-state index contributed by atoms with van der Waals surface area (Å²) in [6, 6.07) is 5.15. The SMILES string of the molecule is CS(=O)(=O)OC1CC(CSCCC(=O)NCC(N)=O)N(C(=O)OCc2ccc([N+](=O)[O-])cc2)C1. The first-order valence-corrected chi connectivity index (χ1v) is 13.1. The average molecular weight is 519 g/mol. The molecule has 0 aromatic heterocycles. The number of primary amides is 1. The van der Waals surface area contributed by atoms with Crippen LogP contribution in [-0.2, 0) is 35.2 Å². The molecule has 1 aromatic rings. The molecule has 3 N–H and O–H groups in total. The Kier molecular flexibility index (Phi) is 10.1. The largest absolute Gasteiger partial charge is 0.445 e. The van der Waals surface area contributed by atoms with Crippen LogP contribution in [-0.4, -0.2) is 79.1 Å². The number of rotatable bonds is 12. The van der Waals surface area contributed by atoms with Gasteiger partial charge in [-0.15, -0.1) is 0 Å². The second-order valence-corrected chi connectivity index (χ2v) is 10.3. The third kappa shape index (κ3) is 9.52. The second kappa shape index (κ2) is 12.5. The Bertz CT molecular complexity index is 1000. The summed E-state index contributed by atoms with van der Waals surface area (Å²) in [5.74, 6) is -0.175. The molecular formula is C19H26N4O9S2. The monoisotopic (exact) mass is 518 g/mol. The van der Waals surface area contributed by atoms with Gasteiger partial charge in [0, 0.05) is 36.1 Å². The summed E-state index contributed by atoms with van der Waals surface area (Å²) < 4.78 is 33.4. The highest BCUT2D eigenvalue weighted by atomic mass is 32.2. The Morgan fingerprint density at radius 1 is 1.29 bits per heavy atom. The van der Waals surface area contributed by atoms with E-state index >= 15 is 0 Å². The fraction of sp³-hybridized carbons (Fsp3) is 0.526. The summed E-state index contributed by atoms with van der Waals surface area (Å²) >= 11 is 1.38. The molecule has 1 fully saturated rings. The highest BCUT2D eigenvalue weighted by molar-refractivity contribution is 7.99. The van der Waals surface area contributed by atoms with Crippen molar-refractivity contribution in [3.8, 4) is 0 Å². The number of nitro benzene ring substituents is 1. The molecule has 0 radical (unpaired) electrons. The smallest absolute Gasteiger partial charge is 0.410 e. The number of nitrogens with zero attached hydrogens (tertiary/aromatic N) is 2. The van der Waals surface area contributed by atoms with Gasteiger partial charge in [-0.1, -0.05) is 0 Å². The van der Waals surface area contributed by atoms with Crippen LogP contribution in [0.15, 0.2) is 24.3 Å². The molecule has 2 unspecified atom stereocenters. The second-order valence-electron chi connectivity index (χ2n) is 7.51. The van der Waals surface area contributed by atoms with Crippen molar-refractivity contribution in [1.29, 1.82) is 0 Å². The van der Waals surface area contributed by atoms with Crippen molar-refractivity contribution in [3.05, 3.63) is 39.9 Å². The average Bonchev–Trinajstić information content (AvgIpc) is 3.14. The van der Waals surface area contributed by atoms with Gasteiger partial charge < -0.3 is 20.7 Å². The molecule has 188 valence electrons. The van der Waals surface area contributed by atoms with Crippen LogP contribution in [0, 0.1) is 10.1 Å².